The predicted molar refractivity (Wildman–Crippen MR) is 68.5 cm³/mol. The van der Waals surface area contributed by atoms with E-state index in [1.54, 1.807) is 0 Å². The van der Waals surface area contributed by atoms with Gasteiger partial charge in [0.15, 0.2) is 0 Å². The first-order valence-corrected chi connectivity index (χ1v) is 6.46. The highest BCUT2D eigenvalue weighted by molar-refractivity contribution is 7.97. The number of hydrogen-bond donors (Lipinski definition) is 0. The molecule has 0 aliphatic heterocycles. The van der Waals surface area contributed by atoms with Gasteiger partial charge in [0.05, 0.1) is 5.69 Å². The second kappa shape index (κ2) is 5.87. The molecule has 0 amide bonds. The Morgan fingerprint density at radius 1 is 1.06 bits per heavy atom. The second-order valence-electron chi connectivity index (χ2n) is 3.30. The van der Waals surface area contributed by atoms with E-state index in [1.807, 2.05) is 54.5 Å². The van der Waals surface area contributed by atoms with Gasteiger partial charge in [0.2, 0.25) is 0 Å². The average molecular weight is 251 g/mol. The third-order valence-corrected chi connectivity index (χ3v) is 3.29. The molecule has 0 atom stereocenters. The van der Waals surface area contributed by atoms with E-state index in [2.05, 4.69) is 9.97 Å². The molecule has 0 saturated carbocycles. The molecule has 0 saturated heterocycles. The molecule has 0 aliphatic rings. The van der Waals surface area contributed by atoms with Crippen molar-refractivity contribution in [2.45, 2.75) is 11.5 Å². The Bertz CT molecular complexity index is 431. The monoisotopic (exact) mass is 250 g/mol. The van der Waals surface area contributed by atoms with Gasteiger partial charge >= 0.3 is 0 Å². The summed E-state index contributed by atoms with van der Waals surface area (Å²) in [6.07, 6.45) is 3.63. The van der Waals surface area contributed by atoms with Crippen LogP contribution in [0, 0.1) is 0 Å². The molecule has 0 N–H and O–H groups in total. The number of halogens is 1. The van der Waals surface area contributed by atoms with Crippen LogP contribution in [0.4, 0.5) is 0 Å². The van der Waals surface area contributed by atoms with Crippen molar-refractivity contribution in [1.29, 1.82) is 0 Å². The minimum Gasteiger partial charge on any atom is -0.260 e. The van der Waals surface area contributed by atoms with Crippen molar-refractivity contribution >= 4 is 23.4 Å². The van der Waals surface area contributed by atoms with Gasteiger partial charge in [0.25, 0.3) is 0 Å². The van der Waals surface area contributed by atoms with Crippen LogP contribution in [0.2, 0.25) is 5.15 Å². The molecule has 2 heterocycles. The SMILES string of the molecule is Clc1ccc(CSCc2ccccn2)cn1. The summed E-state index contributed by atoms with van der Waals surface area (Å²) in [5.41, 5.74) is 2.29. The first-order valence-electron chi connectivity index (χ1n) is 4.93. The lowest BCUT2D eigenvalue weighted by atomic mass is 10.3. The fourth-order valence-electron chi connectivity index (χ4n) is 1.25. The number of nitrogens with zero attached hydrogens (tertiary/aromatic N) is 2. The van der Waals surface area contributed by atoms with Crippen molar-refractivity contribution in [3.8, 4) is 0 Å². The fraction of sp³-hybridized carbons (Fsp3) is 0.167. The summed E-state index contributed by atoms with van der Waals surface area (Å²) < 4.78 is 0. The van der Waals surface area contributed by atoms with E-state index in [0.29, 0.717) is 5.15 Å². The highest BCUT2D eigenvalue weighted by Crippen LogP contribution is 2.16. The summed E-state index contributed by atoms with van der Waals surface area (Å²) in [7, 11) is 0. The molecule has 16 heavy (non-hydrogen) atoms. The smallest absolute Gasteiger partial charge is 0.129 e. The summed E-state index contributed by atoms with van der Waals surface area (Å²) in [6.45, 7) is 0. The first kappa shape index (κ1) is 11.4. The average Bonchev–Trinajstić information content (AvgIpc) is 2.33. The zero-order chi connectivity index (χ0) is 11.2. The van der Waals surface area contributed by atoms with Crippen LogP contribution in [-0.4, -0.2) is 9.97 Å². The third-order valence-electron chi connectivity index (χ3n) is 2.03. The van der Waals surface area contributed by atoms with Crippen molar-refractivity contribution in [2.75, 3.05) is 0 Å². The maximum atomic E-state index is 5.71. The van der Waals surface area contributed by atoms with Crippen LogP contribution < -0.4 is 0 Å². The number of rotatable bonds is 4. The Morgan fingerprint density at radius 3 is 2.69 bits per heavy atom. The van der Waals surface area contributed by atoms with Crippen molar-refractivity contribution in [2.24, 2.45) is 0 Å². The highest BCUT2D eigenvalue weighted by Gasteiger charge is 1.97. The van der Waals surface area contributed by atoms with Gasteiger partial charge in [0.1, 0.15) is 5.15 Å². The Kier molecular flexibility index (Phi) is 4.19. The molecule has 0 aromatic carbocycles. The topological polar surface area (TPSA) is 25.8 Å². The van der Waals surface area contributed by atoms with E-state index in [1.165, 1.54) is 5.56 Å². The maximum Gasteiger partial charge on any atom is 0.129 e. The van der Waals surface area contributed by atoms with Crippen molar-refractivity contribution < 1.29 is 0 Å². The summed E-state index contributed by atoms with van der Waals surface area (Å²) in [6, 6.07) is 9.79. The minimum absolute atomic E-state index is 0.540. The number of thioether (sulfide) groups is 1. The molecule has 4 heteroatoms. The molecular formula is C12H11ClN2S. The van der Waals surface area contributed by atoms with E-state index >= 15 is 0 Å². The van der Waals surface area contributed by atoms with Crippen molar-refractivity contribution in [1.82, 2.24) is 9.97 Å². The lowest BCUT2D eigenvalue weighted by Gasteiger charge is -2.01. The van der Waals surface area contributed by atoms with E-state index < -0.39 is 0 Å². The zero-order valence-corrected chi connectivity index (χ0v) is 10.2. The van der Waals surface area contributed by atoms with Crippen LogP contribution in [0.3, 0.4) is 0 Å². The summed E-state index contributed by atoms with van der Waals surface area (Å²) >= 11 is 7.53. The van der Waals surface area contributed by atoms with E-state index in [9.17, 15) is 0 Å². The molecule has 2 nitrogen and oxygen atoms in total. The molecule has 0 fully saturated rings. The van der Waals surface area contributed by atoms with Crippen molar-refractivity contribution in [3.05, 3.63) is 59.1 Å². The summed E-state index contributed by atoms with van der Waals surface area (Å²) in [5.74, 6) is 1.85. The molecule has 0 bridgehead atoms. The molecule has 0 aliphatic carbocycles. The lowest BCUT2D eigenvalue weighted by molar-refractivity contribution is 1.17. The third kappa shape index (κ3) is 3.51. The number of hydrogen-bond acceptors (Lipinski definition) is 3. The minimum atomic E-state index is 0.540. The second-order valence-corrected chi connectivity index (χ2v) is 4.68. The fourth-order valence-corrected chi connectivity index (χ4v) is 2.25. The predicted octanol–water partition coefficient (Wildman–Crippen LogP) is 3.56. The molecule has 0 radical (unpaired) electrons. The summed E-state index contributed by atoms with van der Waals surface area (Å²) in [5, 5.41) is 0.540. The first-order chi connectivity index (χ1) is 7.84. The summed E-state index contributed by atoms with van der Waals surface area (Å²) in [4.78, 5) is 8.31. The number of pyridine rings is 2. The normalized spacial score (nSPS) is 10.3. The van der Waals surface area contributed by atoms with Crippen LogP contribution in [-0.2, 0) is 11.5 Å². The van der Waals surface area contributed by atoms with Crippen molar-refractivity contribution in [3.63, 3.8) is 0 Å². The van der Waals surface area contributed by atoms with E-state index in [0.717, 1.165) is 17.2 Å². The molecule has 2 aromatic rings. The Hall–Kier alpha value is -1.06. The number of aromatic nitrogens is 2. The molecule has 0 spiro atoms. The van der Waals surface area contributed by atoms with Gasteiger partial charge in [-0.1, -0.05) is 23.7 Å². The quantitative estimate of drug-likeness (QED) is 0.776. The van der Waals surface area contributed by atoms with Gasteiger partial charge < -0.3 is 0 Å². The van der Waals surface area contributed by atoms with Crippen LogP contribution in [0.25, 0.3) is 0 Å². The van der Waals surface area contributed by atoms with E-state index in [4.69, 9.17) is 11.6 Å². The van der Waals surface area contributed by atoms with E-state index in [-0.39, 0.29) is 0 Å². The van der Waals surface area contributed by atoms with Gasteiger partial charge in [-0.25, -0.2) is 4.98 Å². The van der Waals surface area contributed by atoms with Crippen LogP contribution >= 0.6 is 23.4 Å². The molecule has 2 rings (SSSR count). The van der Waals surface area contributed by atoms with Gasteiger partial charge in [-0.15, -0.1) is 0 Å². The zero-order valence-electron chi connectivity index (χ0n) is 8.64. The maximum absolute atomic E-state index is 5.71. The van der Waals surface area contributed by atoms with Crippen LogP contribution in [0.15, 0.2) is 42.7 Å². The Balaban J connectivity index is 1.82. The largest absolute Gasteiger partial charge is 0.260 e. The molecular weight excluding hydrogens is 240 g/mol. The highest BCUT2D eigenvalue weighted by atomic mass is 35.5. The lowest BCUT2D eigenvalue weighted by Crippen LogP contribution is -1.87. The van der Waals surface area contributed by atoms with Crippen LogP contribution in [0.1, 0.15) is 11.3 Å². The van der Waals surface area contributed by atoms with Crippen LogP contribution in [0.5, 0.6) is 0 Å². The molecule has 82 valence electrons. The van der Waals surface area contributed by atoms with Gasteiger partial charge in [0, 0.05) is 23.9 Å². The molecule has 2 aromatic heterocycles. The van der Waals surface area contributed by atoms with Gasteiger partial charge in [-0.3, -0.25) is 4.98 Å². The van der Waals surface area contributed by atoms with Gasteiger partial charge in [-0.05, 0) is 23.8 Å². The standard InChI is InChI=1S/C12H11ClN2S/c13-12-5-4-10(7-15-12)8-16-9-11-3-1-2-6-14-11/h1-7H,8-9H2. The van der Waals surface area contributed by atoms with Gasteiger partial charge in [-0.2, -0.15) is 11.8 Å². The molecule has 0 unspecified atom stereocenters. The Morgan fingerprint density at radius 2 is 2.00 bits per heavy atom. The Labute approximate surface area is 104 Å².